The molecule has 0 radical (unpaired) electrons. The lowest BCUT2D eigenvalue weighted by Gasteiger charge is -2.22. The topological polar surface area (TPSA) is 55.2 Å². The van der Waals surface area contributed by atoms with E-state index in [1.165, 1.54) is 12.1 Å². The summed E-state index contributed by atoms with van der Waals surface area (Å²) in [6.45, 7) is 0. The molecular weight excluding hydrogens is 254 g/mol. The van der Waals surface area contributed by atoms with E-state index >= 15 is 0 Å². The van der Waals surface area contributed by atoms with Crippen molar-refractivity contribution < 1.29 is 13.7 Å². The minimum absolute atomic E-state index is 0.101. The zero-order valence-corrected chi connectivity index (χ0v) is 10.2. The number of nitrogens with one attached hydrogen (secondary N) is 1. The van der Waals surface area contributed by atoms with Crippen LogP contribution in [0.3, 0.4) is 0 Å². The molecule has 19 heavy (non-hydrogen) atoms. The number of rotatable bonds is 4. The van der Waals surface area contributed by atoms with Crippen molar-refractivity contribution in [2.24, 2.45) is 0 Å². The third-order valence-electron chi connectivity index (χ3n) is 3.11. The van der Waals surface area contributed by atoms with Gasteiger partial charge in [0.25, 0.3) is 12.1 Å². The van der Waals surface area contributed by atoms with E-state index < -0.39 is 11.3 Å². The quantitative estimate of drug-likeness (QED) is 0.509. The molecule has 6 heteroatoms. The molecule has 4 nitrogen and oxygen atoms in total. The average molecular weight is 268 g/mol. The van der Waals surface area contributed by atoms with Gasteiger partial charge in [0.05, 0.1) is 4.92 Å². The highest BCUT2D eigenvalue weighted by molar-refractivity contribution is 5.57. The van der Waals surface area contributed by atoms with Crippen LogP contribution < -0.4 is 5.32 Å². The van der Waals surface area contributed by atoms with Crippen molar-refractivity contribution >= 4 is 11.4 Å². The number of anilines is 1. The van der Waals surface area contributed by atoms with E-state index in [9.17, 15) is 18.9 Å². The van der Waals surface area contributed by atoms with E-state index in [0.717, 1.165) is 25.3 Å². The van der Waals surface area contributed by atoms with Crippen LogP contribution in [0.25, 0.3) is 0 Å². The maximum atomic E-state index is 12.9. The van der Waals surface area contributed by atoms with Gasteiger partial charge in [0.2, 0.25) is 0 Å². The summed E-state index contributed by atoms with van der Waals surface area (Å²) in [5, 5.41) is 13.7. The van der Waals surface area contributed by atoms with Gasteiger partial charge in [-0.25, -0.2) is 8.78 Å². The van der Waals surface area contributed by atoms with Gasteiger partial charge in [-0.15, -0.1) is 0 Å². The summed E-state index contributed by atoms with van der Waals surface area (Å²) in [5.74, 6) is 0. The number of alkyl halides is 2. The van der Waals surface area contributed by atoms with Gasteiger partial charge in [-0.2, -0.15) is 0 Å². The molecule has 0 fully saturated rings. The Morgan fingerprint density at radius 3 is 2.74 bits per heavy atom. The summed E-state index contributed by atoms with van der Waals surface area (Å²) in [6, 6.07) is 3.64. The summed E-state index contributed by atoms with van der Waals surface area (Å²) < 4.78 is 25.9. The lowest BCUT2D eigenvalue weighted by molar-refractivity contribution is -0.385. The van der Waals surface area contributed by atoms with Crippen molar-refractivity contribution in [3.63, 3.8) is 0 Å². The lowest BCUT2D eigenvalue weighted by Crippen LogP contribution is -2.21. The Bertz CT molecular complexity index is 503. The number of non-ortho nitro benzene ring substituents is 1. The van der Waals surface area contributed by atoms with E-state index in [1.807, 2.05) is 6.08 Å². The normalized spacial score (nSPS) is 18.6. The van der Waals surface area contributed by atoms with Crippen molar-refractivity contribution in [1.82, 2.24) is 0 Å². The van der Waals surface area contributed by atoms with Crippen molar-refractivity contribution in [3.05, 3.63) is 46.0 Å². The van der Waals surface area contributed by atoms with Crippen molar-refractivity contribution in [2.45, 2.75) is 31.7 Å². The number of nitro groups is 1. The highest BCUT2D eigenvalue weighted by Gasteiger charge is 2.20. The molecule has 0 aliphatic heterocycles. The fourth-order valence-corrected chi connectivity index (χ4v) is 2.12. The van der Waals surface area contributed by atoms with E-state index in [-0.39, 0.29) is 23.0 Å². The van der Waals surface area contributed by atoms with E-state index in [4.69, 9.17) is 0 Å². The first kappa shape index (κ1) is 13.5. The minimum atomic E-state index is -2.73. The molecule has 1 unspecified atom stereocenters. The summed E-state index contributed by atoms with van der Waals surface area (Å²) in [5.41, 5.74) is -0.353. The molecule has 0 saturated heterocycles. The van der Waals surface area contributed by atoms with Crippen LogP contribution in [0.5, 0.6) is 0 Å². The summed E-state index contributed by atoms with van der Waals surface area (Å²) in [4.78, 5) is 9.94. The van der Waals surface area contributed by atoms with Crippen LogP contribution in [-0.2, 0) is 0 Å². The molecule has 1 aliphatic carbocycles. The van der Waals surface area contributed by atoms with E-state index in [0.29, 0.717) is 0 Å². The largest absolute Gasteiger partial charge is 0.382 e. The van der Waals surface area contributed by atoms with Gasteiger partial charge in [0.15, 0.2) is 0 Å². The van der Waals surface area contributed by atoms with E-state index in [2.05, 4.69) is 11.4 Å². The fourth-order valence-electron chi connectivity index (χ4n) is 2.12. The number of allylic oxidation sites excluding steroid dienone is 1. The molecule has 0 aromatic heterocycles. The molecule has 0 heterocycles. The zero-order valence-electron chi connectivity index (χ0n) is 10.2. The fraction of sp³-hybridized carbons (Fsp3) is 0.385. The summed E-state index contributed by atoms with van der Waals surface area (Å²) in [7, 11) is 0. The molecule has 1 aromatic rings. The Kier molecular flexibility index (Phi) is 4.09. The molecule has 0 amide bonds. The molecule has 1 aliphatic rings. The molecule has 102 valence electrons. The Balaban J connectivity index is 2.23. The van der Waals surface area contributed by atoms with Gasteiger partial charge in [0, 0.05) is 29.4 Å². The Morgan fingerprint density at radius 2 is 2.16 bits per heavy atom. The second-order valence-electron chi connectivity index (χ2n) is 4.46. The van der Waals surface area contributed by atoms with Crippen LogP contribution in [0.15, 0.2) is 30.4 Å². The number of benzene rings is 1. The Labute approximate surface area is 109 Å². The third kappa shape index (κ3) is 3.27. The van der Waals surface area contributed by atoms with Gasteiger partial charge in [-0.1, -0.05) is 12.2 Å². The van der Waals surface area contributed by atoms with Crippen LogP contribution in [0.2, 0.25) is 0 Å². The molecular formula is C13H14F2N2O2. The maximum Gasteiger partial charge on any atom is 0.270 e. The molecule has 2 rings (SSSR count). The van der Waals surface area contributed by atoms with E-state index in [1.54, 1.807) is 0 Å². The first-order valence-electron chi connectivity index (χ1n) is 6.06. The highest BCUT2D eigenvalue weighted by atomic mass is 19.3. The molecule has 0 saturated carbocycles. The number of halogens is 2. The second kappa shape index (κ2) is 5.77. The van der Waals surface area contributed by atoms with Crippen LogP contribution in [0.4, 0.5) is 20.2 Å². The van der Waals surface area contributed by atoms with Crippen LogP contribution >= 0.6 is 0 Å². The van der Waals surface area contributed by atoms with Crippen molar-refractivity contribution in [3.8, 4) is 0 Å². The summed E-state index contributed by atoms with van der Waals surface area (Å²) in [6.07, 6.45) is 3.89. The number of hydrogen-bond donors (Lipinski definition) is 1. The Morgan fingerprint density at radius 1 is 1.37 bits per heavy atom. The predicted octanol–water partition coefficient (Wildman–Crippen LogP) is 4.05. The predicted molar refractivity (Wildman–Crippen MR) is 68.5 cm³/mol. The van der Waals surface area contributed by atoms with Gasteiger partial charge in [-0.05, 0) is 25.3 Å². The minimum Gasteiger partial charge on any atom is -0.382 e. The maximum absolute atomic E-state index is 12.9. The van der Waals surface area contributed by atoms with Gasteiger partial charge >= 0.3 is 0 Å². The molecule has 0 bridgehead atoms. The van der Waals surface area contributed by atoms with Gasteiger partial charge in [0.1, 0.15) is 0 Å². The van der Waals surface area contributed by atoms with Crippen LogP contribution in [-0.4, -0.2) is 11.0 Å². The highest BCUT2D eigenvalue weighted by Crippen LogP contribution is 2.32. The average Bonchev–Trinajstić information content (AvgIpc) is 2.39. The van der Waals surface area contributed by atoms with Crippen molar-refractivity contribution in [2.75, 3.05) is 5.32 Å². The SMILES string of the molecule is O=[N+]([O-])c1ccc(NC2CC=CCC2)c(C(F)F)c1. The zero-order chi connectivity index (χ0) is 13.8. The first-order valence-corrected chi connectivity index (χ1v) is 6.06. The molecule has 1 N–H and O–H groups in total. The van der Waals surface area contributed by atoms with Gasteiger partial charge in [-0.3, -0.25) is 10.1 Å². The smallest absolute Gasteiger partial charge is 0.270 e. The number of nitrogens with zero attached hydrogens (tertiary/aromatic N) is 1. The molecule has 1 atom stereocenters. The third-order valence-corrected chi connectivity index (χ3v) is 3.11. The van der Waals surface area contributed by atoms with Gasteiger partial charge < -0.3 is 5.32 Å². The standard InChI is InChI=1S/C13H14F2N2O2/c14-13(15)11-8-10(17(18)19)6-7-12(11)16-9-4-2-1-3-5-9/h1-2,6-9,13,16H,3-5H2. The van der Waals surface area contributed by atoms with Crippen LogP contribution in [0.1, 0.15) is 31.3 Å². The second-order valence-corrected chi connectivity index (χ2v) is 4.46. The Hall–Kier alpha value is -1.98. The number of hydrogen-bond acceptors (Lipinski definition) is 3. The monoisotopic (exact) mass is 268 g/mol. The first-order chi connectivity index (χ1) is 9.08. The molecule has 1 aromatic carbocycles. The van der Waals surface area contributed by atoms with Crippen molar-refractivity contribution in [1.29, 1.82) is 0 Å². The number of nitro benzene ring substituents is 1. The lowest BCUT2D eigenvalue weighted by atomic mass is 10.0. The molecule has 0 spiro atoms. The van der Waals surface area contributed by atoms with Crippen LogP contribution in [0, 0.1) is 10.1 Å². The summed E-state index contributed by atoms with van der Waals surface area (Å²) >= 11 is 0.